The maximum Gasteiger partial charge on any atom is 0.325 e. The van der Waals surface area contributed by atoms with E-state index in [1.165, 1.54) is 0 Å². The Morgan fingerprint density at radius 1 is 1.33 bits per heavy atom. The average molecular weight is 274 g/mol. The molecule has 3 N–H and O–H groups in total. The van der Waals surface area contributed by atoms with Crippen LogP contribution in [0.3, 0.4) is 0 Å². The molecular weight excluding hydrogens is 254 g/mol. The monoisotopic (exact) mass is 273 g/mol. The maximum atomic E-state index is 11.6. The minimum atomic E-state index is -0.987. The zero-order valence-corrected chi connectivity index (χ0v) is 11.4. The van der Waals surface area contributed by atoms with Gasteiger partial charge in [0.15, 0.2) is 0 Å². The van der Waals surface area contributed by atoms with Crippen molar-refractivity contribution in [2.24, 2.45) is 11.7 Å². The van der Waals surface area contributed by atoms with E-state index in [-0.39, 0.29) is 24.9 Å². The Balaban J connectivity index is 0.00000289. The second kappa shape index (κ2) is 8.08. The molecule has 1 rings (SSSR count). The zero-order chi connectivity index (χ0) is 12.8. The van der Waals surface area contributed by atoms with E-state index in [1.807, 2.05) is 30.3 Å². The first-order valence-electron chi connectivity index (χ1n) is 5.66. The molecule has 1 aromatic rings. The van der Waals surface area contributed by atoms with Gasteiger partial charge in [0.2, 0.25) is 0 Å². The van der Waals surface area contributed by atoms with Crippen molar-refractivity contribution in [3.8, 4) is 0 Å². The van der Waals surface area contributed by atoms with Crippen LogP contribution in [0.5, 0.6) is 0 Å². The molecule has 4 nitrogen and oxygen atoms in total. The highest BCUT2D eigenvalue weighted by atomic mass is 35.5. The van der Waals surface area contributed by atoms with E-state index in [0.717, 1.165) is 5.56 Å². The van der Waals surface area contributed by atoms with Gasteiger partial charge in [0.1, 0.15) is 12.6 Å². The molecule has 0 aliphatic heterocycles. The van der Waals surface area contributed by atoms with Gasteiger partial charge in [-0.15, -0.1) is 12.4 Å². The SMILES string of the molecule is CC(C)[C@H](O)[C@H](N)C(=O)OCc1ccccc1.Cl. The molecule has 5 heteroatoms. The predicted octanol–water partition coefficient (Wildman–Crippen LogP) is 1.50. The molecule has 0 aliphatic rings. The summed E-state index contributed by atoms with van der Waals surface area (Å²) in [6.07, 6.45) is -0.877. The number of aliphatic hydroxyl groups is 1. The van der Waals surface area contributed by atoms with E-state index in [4.69, 9.17) is 10.5 Å². The molecule has 102 valence electrons. The number of rotatable bonds is 5. The van der Waals surface area contributed by atoms with Gasteiger partial charge in [0.05, 0.1) is 6.10 Å². The Labute approximate surface area is 114 Å². The van der Waals surface area contributed by atoms with Crippen molar-refractivity contribution in [1.82, 2.24) is 0 Å². The number of esters is 1. The maximum absolute atomic E-state index is 11.6. The third-order valence-corrected chi connectivity index (χ3v) is 2.55. The largest absolute Gasteiger partial charge is 0.460 e. The molecule has 0 saturated heterocycles. The van der Waals surface area contributed by atoms with Crippen molar-refractivity contribution in [2.75, 3.05) is 0 Å². The van der Waals surface area contributed by atoms with Crippen LogP contribution in [0.2, 0.25) is 0 Å². The topological polar surface area (TPSA) is 72.5 Å². The van der Waals surface area contributed by atoms with Crippen molar-refractivity contribution in [3.05, 3.63) is 35.9 Å². The van der Waals surface area contributed by atoms with E-state index < -0.39 is 18.1 Å². The fourth-order valence-corrected chi connectivity index (χ4v) is 1.38. The molecule has 0 radical (unpaired) electrons. The van der Waals surface area contributed by atoms with Crippen LogP contribution in [-0.2, 0) is 16.1 Å². The Hall–Kier alpha value is -1.10. The summed E-state index contributed by atoms with van der Waals surface area (Å²) in [7, 11) is 0. The normalized spacial score (nSPS) is 13.6. The smallest absolute Gasteiger partial charge is 0.325 e. The molecule has 0 unspecified atom stereocenters. The van der Waals surface area contributed by atoms with Gasteiger partial charge in [0, 0.05) is 0 Å². The molecule has 0 aromatic heterocycles. The Kier molecular flexibility index (Phi) is 7.59. The number of carbonyl (C=O) groups excluding carboxylic acids is 1. The van der Waals surface area contributed by atoms with Crippen LogP contribution in [0.1, 0.15) is 19.4 Å². The van der Waals surface area contributed by atoms with Gasteiger partial charge in [-0.25, -0.2) is 0 Å². The van der Waals surface area contributed by atoms with Gasteiger partial charge in [-0.2, -0.15) is 0 Å². The third-order valence-electron chi connectivity index (χ3n) is 2.55. The molecule has 0 heterocycles. The van der Waals surface area contributed by atoms with Crippen LogP contribution in [0.15, 0.2) is 30.3 Å². The molecule has 18 heavy (non-hydrogen) atoms. The second-order valence-corrected chi connectivity index (χ2v) is 4.35. The highest BCUT2D eigenvalue weighted by Crippen LogP contribution is 2.07. The van der Waals surface area contributed by atoms with Crippen LogP contribution < -0.4 is 5.73 Å². The lowest BCUT2D eigenvalue weighted by molar-refractivity contribution is -0.150. The highest BCUT2D eigenvalue weighted by molar-refractivity contribution is 5.85. The summed E-state index contributed by atoms with van der Waals surface area (Å²) >= 11 is 0. The number of hydrogen-bond acceptors (Lipinski definition) is 4. The number of nitrogens with two attached hydrogens (primary N) is 1. The predicted molar refractivity (Wildman–Crippen MR) is 72.3 cm³/mol. The summed E-state index contributed by atoms with van der Waals surface area (Å²) in [6.45, 7) is 3.78. The first kappa shape index (κ1) is 16.9. The molecule has 0 spiro atoms. The van der Waals surface area contributed by atoms with Gasteiger partial charge in [-0.3, -0.25) is 4.79 Å². The number of ether oxygens (including phenoxy) is 1. The highest BCUT2D eigenvalue weighted by Gasteiger charge is 2.26. The summed E-state index contributed by atoms with van der Waals surface area (Å²) in [5.41, 5.74) is 6.50. The molecule has 0 fully saturated rings. The fraction of sp³-hybridized carbons (Fsp3) is 0.462. The van der Waals surface area contributed by atoms with Gasteiger partial charge >= 0.3 is 5.97 Å². The van der Waals surface area contributed by atoms with Crippen LogP contribution in [-0.4, -0.2) is 23.2 Å². The number of hydrogen-bond donors (Lipinski definition) is 2. The summed E-state index contributed by atoms with van der Waals surface area (Å²) in [6, 6.07) is 8.35. The van der Waals surface area contributed by atoms with Crippen molar-refractivity contribution >= 4 is 18.4 Å². The lowest BCUT2D eigenvalue weighted by atomic mass is 10.0. The summed E-state index contributed by atoms with van der Waals surface area (Å²) < 4.78 is 5.04. The minimum Gasteiger partial charge on any atom is -0.460 e. The van der Waals surface area contributed by atoms with Crippen molar-refractivity contribution in [1.29, 1.82) is 0 Å². The van der Waals surface area contributed by atoms with Crippen LogP contribution in [0, 0.1) is 5.92 Å². The fourth-order valence-electron chi connectivity index (χ4n) is 1.38. The molecule has 1 aromatic carbocycles. The first-order valence-corrected chi connectivity index (χ1v) is 5.66. The van der Waals surface area contributed by atoms with E-state index in [2.05, 4.69) is 0 Å². The molecule has 2 atom stereocenters. The number of aliphatic hydroxyl groups excluding tert-OH is 1. The van der Waals surface area contributed by atoms with E-state index in [9.17, 15) is 9.90 Å². The number of halogens is 1. The van der Waals surface area contributed by atoms with Crippen LogP contribution >= 0.6 is 12.4 Å². The lowest BCUT2D eigenvalue weighted by Crippen LogP contribution is -2.45. The molecule has 0 bridgehead atoms. The zero-order valence-electron chi connectivity index (χ0n) is 10.6. The van der Waals surface area contributed by atoms with Gasteiger partial charge < -0.3 is 15.6 Å². The molecule has 0 saturated carbocycles. The Morgan fingerprint density at radius 2 is 1.89 bits per heavy atom. The molecule has 0 amide bonds. The van der Waals surface area contributed by atoms with Gasteiger partial charge in [-0.1, -0.05) is 44.2 Å². The van der Waals surface area contributed by atoms with Gasteiger partial charge in [0.25, 0.3) is 0 Å². The standard InChI is InChI=1S/C13H19NO3.ClH/c1-9(2)12(15)11(14)13(16)17-8-10-6-4-3-5-7-10;/h3-7,9,11-12,15H,8,14H2,1-2H3;1H/t11-,12-;/m0./s1. The van der Waals surface area contributed by atoms with Crippen molar-refractivity contribution in [3.63, 3.8) is 0 Å². The van der Waals surface area contributed by atoms with E-state index in [1.54, 1.807) is 13.8 Å². The first-order chi connectivity index (χ1) is 8.02. The van der Waals surface area contributed by atoms with Crippen LogP contribution in [0.4, 0.5) is 0 Å². The average Bonchev–Trinajstić information content (AvgIpc) is 2.35. The lowest BCUT2D eigenvalue weighted by Gasteiger charge is -2.20. The quantitative estimate of drug-likeness (QED) is 0.798. The Bertz CT molecular complexity index is 357. The summed E-state index contributed by atoms with van der Waals surface area (Å²) in [5.74, 6) is -0.649. The minimum absolute atomic E-state index is 0. The molecular formula is C13H20ClNO3. The van der Waals surface area contributed by atoms with E-state index in [0.29, 0.717) is 0 Å². The van der Waals surface area contributed by atoms with Crippen molar-refractivity contribution < 1.29 is 14.6 Å². The van der Waals surface area contributed by atoms with Gasteiger partial charge in [-0.05, 0) is 11.5 Å². The number of benzene rings is 1. The summed E-state index contributed by atoms with van der Waals surface area (Å²) in [5, 5.41) is 9.64. The third kappa shape index (κ3) is 5.04. The van der Waals surface area contributed by atoms with Crippen molar-refractivity contribution in [2.45, 2.75) is 32.6 Å². The summed E-state index contributed by atoms with van der Waals surface area (Å²) in [4.78, 5) is 11.6. The van der Waals surface area contributed by atoms with E-state index >= 15 is 0 Å². The Morgan fingerprint density at radius 3 is 2.39 bits per heavy atom. The molecule has 0 aliphatic carbocycles. The number of carbonyl (C=O) groups is 1. The van der Waals surface area contributed by atoms with Crippen LogP contribution in [0.25, 0.3) is 0 Å². The second-order valence-electron chi connectivity index (χ2n) is 4.35.